The predicted octanol–water partition coefficient (Wildman–Crippen LogP) is 9.27. The summed E-state index contributed by atoms with van der Waals surface area (Å²) in [6.07, 6.45) is 5.01. The lowest BCUT2D eigenvalue weighted by molar-refractivity contribution is 0.243. The number of fused-ring (bicyclic) bond motifs is 2. The second kappa shape index (κ2) is 10.1. The molecule has 1 N–H and O–H groups in total. The maximum absolute atomic E-state index is 6.76. The van der Waals surface area contributed by atoms with Crippen LogP contribution in [0.4, 0.5) is 17.1 Å². The average molecular weight is 511 g/mol. The molecular formula is C36H34N2O. The minimum absolute atomic E-state index is 0.101. The van der Waals surface area contributed by atoms with E-state index in [-0.39, 0.29) is 6.10 Å². The van der Waals surface area contributed by atoms with E-state index in [1.807, 2.05) is 0 Å². The third-order valence-electron chi connectivity index (χ3n) is 7.87. The predicted molar refractivity (Wildman–Crippen MR) is 164 cm³/mol. The largest absolute Gasteiger partial charge is 0.485 e. The molecule has 4 aromatic carbocycles. The number of aliphatic imine (C=N–C) groups is 1. The summed E-state index contributed by atoms with van der Waals surface area (Å²) in [7, 11) is 0. The van der Waals surface area contributed by atoms with Gasteiger partial charge in [-0.05, 0) is 91.8 Å². The fourth-order valence-corrected chi connectivity index (χ4v) is 5.74. The number of benzene rings is 4. The van der Waals surface area contributed by atoms with Gasteiger partial charge < -0.3 is 10.1 Å². The van der Waals surface area contributed by atoms with Crippen LogP contribution in [0.25, 0.3) is 5.57 Å². The van der Waals surface area contributed by atoms with Crippen molar-refractivity contribution in [2.45, 2.75) is 47.1 Å². The van der Waals surface area contributed by atoms with E-state index in [0.29, 0.717) is 0 Å². The van der Waals surface area contributed by atoms with Crippen LogP contribution >= 0.6 is 0 Å². The second-order valence-electron chi connectivity index (χ2n) is 10.7. The SMILES string of the molecule is Cc1ccccc1C1=C2C=CC(=Nc3c(C)cccc3C)CC2Oc2cc(Nc3c(C)cccc3C)ccc21. The van der Waals surface area contributed by atoms with Crippen molar-refractivity contribution < 1.29 is 4.74 Å². The molecule has 39 heavy (non-hydrogen) atoms. The first kappa shape index (κ1) is 24.9. The second-order valence-corrected chi connectivity index (χ2v) is 10.7. The lowest BCUT2D eigenvalue weighted by atomic mass is 9.82. The van der Waals surface area contributed by atoms with Gasteiger partial charge in [-0.2, -0.15) is 0 Å². The molecule has 1 atom stereocenters. The summed E-state index contributed by atoms with van der Waals surface area (Å²) < 4.78 is 6.76. The van der Waals surface area contributed by atoms with Gasteiger partial charge in [0.05, 0.1) is 5.69 Å². The summed E-state index contributed by atoms with van der Waals surface area (Å²) in [5, 5.41) is 3.65. The van der Waals surface area contributed by atoms with Gasteiger partial charge in [-0.25, -0.2) is 0 Å². The van der Waals surface area contributed by atoms with Gasteiger partial charge in [0.15, 0.2) is 0 Å². The Bertz CT molecular complexity index is 1650. The van der Waals surface area contributed by atoms with Gasteiger partial charge in [0.1, 0.15) is 11.9 Å². The highest BCUT2D eigenvalue weighted by Gasteiger charge is 2.32. The van der Waals surface area contributed by atoms with Crippen molar-refractivity contribution in [3.63, 3.8) is 0 Å². The summed E-state index contributed by atoms with van der Waals surface area (Å²) in [5.41, 5.74) is 15.2. The van der Waals surface area contributed by atoms with Gasteiger partial charge in [-0.1, -0.05) is 66.7 Å². The summed E-state index contributed by atoms with van der Waals surface area (Å²) in [4.78, 5) is 5.09. The Hall–Kier alpha value is -4.37. The van der Waals surface area contributed by atoms with E-state index in [2.05, 4.69) is 131 Å². The van der Waals surface area contributed by atoms with Gasteiger partial charge in [0.2, 0.25) is 0 Å². The highest BCUT2D eigenvalue weighted by atomic mass is 16.5. The molecule has 1 unspecified atom stereocenters. The standard InChI is InChI=1S/C36H34N2O/c1-22-10-6-7-15-29(22)34-30-18-16-27(37-35-23(2)11-8-12-24(35)3)20-32(30)39-33-21-28(17-19-31(33)34)38-36-25(4)13-9-14-26(36)5/h6-20,33,37H,21H2,1-5H3. The monoisotopic (exact) mass is 510 g/mol. The van der Waals surface area contributed by atoms with Crippen LogP contribution in [0.5, 0.6) is 5.75 Å². The molecule has 0 bridgehead atoms. The van der Waals surface area contributed by atoms with Crippen molar-refractivity contribution in [2.75, 3.05) is 5.32 Å². The van der Waals surface area contributed by atoms with Gasteiger partial charge in [0, 0.05) is 40.7 Å². The molecule has 0 saturated heterocycles. The van der Waals surface area contributed by atoms with Crippen LogP contribution in [0.15, 0.2) is 102 Å². The van der Waals surface area contributed by atoms with Gasteiger partial charge >= 0.3 is 0 Å². The topological polar surface area (TPSA) is 33.6 Å². The van der Waals surface area contributed by atoms with Crippen molar-refractivity contribution in [1.29, 1.82) is 0 Å². The van der Waals surface area contributed by atoms with Crippen molar-refractivity contribution in [3.05, 3.63) is 136 Å². The van der Waals surface area contributed by atoms with Crippen molar-refractivity contribution in [1.82, 2.24) is 0 Å². The zero-order valence-electron chi connectivity index (χ0n) is 23.3. The molecule has 1 aliphatic heterocycles. The maximum atomic E-state index is 6.76. The lowest BCUT2D eigenvalue weighted by Crippen LogP contribution is -2.29. The molecule has 2 aliphatic rings. The first-order valence-corrected chi connectivity index (χ1v) is 13.7. The molecule has 3 nitrogen and oxygen atoms in total. The molecule has 6 rings (SSSR count). The van der Waals surface area contributed by atoms with Crippen LogP contribution < -0.4 is 10.1 Å². The molecule has 0 spiro atoms. The first-order chi connectivity index (χ1) is 18.9. The fraction of sp³-hybridized carbons (Fsp3) is 0.194. The number of hydrogen-bond acceptors (Lipinski definition) is 3. The van der Waals surface area contributed by atoms with E-state index >= 15 is 0 Å². The molecule has 0 amide bonds. The number of aryl methyl sites for hydroxylation is 5. The van der Waals surface area contributed by atoms with E-state index in [1.54, 1.807) is 0 Å². The number of allylic oxidation sites excluding steroid dienone is 1. The van der Waals surface area contributed by atoms with Crippen LogP contribution in [0.1, 0.15) is 45.4 Å². The minimum Gasteiger partial charge on any atom is -0.485 e. The number of para-hydroxylation sites is 2. The summed E-state index contributed by atoms with van der Waals surface area (Å²) in [5.74, 6) is 0.903. The van der Waals surface area contributed by atoms with Gasteiger partial charge in [0.25, 0.3) is 0 Å². The maximum Gasteiger partial charge on any atom is 0.130 e. The van der Waals surface area contributed by atoms with E-state index in [9.17, 15) is 0 Å². The third-order valence-corrected chi connectivity index (χ3v) is 7.87. The Balaban J connectivity index is 1.45. The van der Waals surface area contributed by atoms with E-state index in [0.717, 1.165) is 40.5 Å². The third kappa shape index (κ3) is 4.70. The van der Waals surface area contributed by atoms with Crippen molar-refractivity contribution in [2.24, 2.45) is 4.99 Å². The summed E-state index contributed by atoms with van der Waals surface area (Å²) >= 11 is 0. The lowest BCUT2D eigenvalue weighted by Gasteiger charge is -2.33. The number of nitrogens with one attached hydrogen (secondary N) is 1. The normalized spacial score (nSPS) is 17.1. The van der Waals surface area contributed by atoms with Crippen molar-refractivity contribution in [3.8, 4) is 5.75 Å². The zero-order chi connectivity index (χ0) is 27.1. The fourth-order valence-electron chi connectivity index (χ4n) is 5.74. The number of rotatable bonds is 4. The Morgan fingerprint density at radius 1 is 0.692 bits per heavy atom. The molecule has 0 fully saturated rings. The highest BCUT2D eigenvalue weighted by molar-refractivity contribution is 6.02. The highest BCUT2D eigenvalue weighted by Crippen LogP contribution is 2.45. The molecule has 1 heterocycles. The summed E-state index contributed by atoms with van der Waals surface area (Å²) in [6.45, 7) is 10.7. The number of ether oxygens (including phenoxy) is 1. The Kier molecular flexibility index (Phi) is 6.44. The molecule has 0 radical (unpaired) electrons. The number of anilines is 2. The van der Waals surface area contributed by atoms with Crippen LogP contribution in [0.2, 0.25) is 0 Å². The Morgan fingerprint density at radius 2 is 1.36 bits per heavy atom. The van der Waals surface area contributed by atoms with Crippen LogP contribution in [-0.2, 0) is 0 Å². The molecule has 0 saturated carbocycles. The van der Waals surface area contributed by atoms with Crippen LogP contribution in [0.3, 0.4) is 0 Å². The van der Waals surface area contributed by atoms with Crippen LogP contribution in [0, 0.1) is 34.6 Å². The molecule has 0 aromatic heterocycles. The first-order valence-electron chi connectivity index (χ1n) is 13.7. The van der Waals surface area contributed by atoms with Crippen molar-refractivity contribution >= 4 is 28.3 Å². The number of hydrogen-bond donors (Lipinski definition) is 1. The van der Waals surface area contributed by atoms with E-state index < -0.39 is 0 Å². The summed E-state index contributed by atoms with van der Waals surface area (Å²) in [6, 6.07) is 27.9. The van der Waals surface area contributed by atoms with Gasteiger partial charge in [-0.15, -0.1) is 0 Å². The number of nitrogens with zero attached hydrogens (tertiary/aromatic N) is 1. The smallest absolute Gasteiger partial charge is 0.130 e. The van der Waals surface area contributed by atoms with Gasteiger partial charge in [-0.3, -0.25) is 4.99 Å². The molecular weight excluding hydrogens is 476 g/mol. The quantitative estimate of drug-likeness (QED) is 0.297. The molecule has 3 heteroatoms. The van der Waals surface area contributed by atoms with E-state index in [1.165, 1.54) is 44.5 Å². The Morgan fingerprint density at radius 3 is 2.08 bits per heavy atom. The average Bonchev–Trinajstić information content (AvgIpc) is 2.92. The van der Waals surface area contributed by atoms with E-state index in [4.69, 9.17) is 9.73 Å². The zero-order valence-corrected chi connectivity index (χ0v) is 23.3. The molecule has 4 aromatic rings. The van der Waals surface area contributed by atoms with Crippen LogP contribution in [-0.4, -0.2) is 11.8 Å². The Labute approximate surface area is 231 Å². The molecule has 194 valence electrons. The minimum atomic E-state index is -0.101. The molecule has 1 aliphatic carbocycles.